The molecule has 1 aliphatic rings. The first kappa shape index (κ1) is 8.27. The second kappa shape index (κ2) is 3.58. The normalized spacial score (nSPS) is 21.6. The molecule has 2 rings (SSSR count). The molecule has 1 atom stereocenters. The van der Waals surface area contributed by atoms with E-state index >= 15 is 0 Å². The van der Waals surface area contributed by atoms with Crippen molar-refractivity contribution >= 4 is 21.6 Å². The minimum absolute atomic E-state index is 0.565. The van der Waals surface area contributed by atoms with E-state index in [-0.39, 0.29) is 0 Å². The number of hydrogen-bond donors (Lipinski definition) is 0. The molecule has 1 aromatic carbocycles. The molecule has 0 saturated heterocycles. The Bertz CT molecular complexity index is 287. The van der Waals surface area contributed by atoms with E-state index in [1.54, 1.807) is 0 Å². The van der Waals surface area contributed by atoms with Crippen LogP contribution in [0, 0.1) is 6.92 Å². The molecule has 0 saturated carbocycles. The second-order valence-corrected chi connectivity index (χ2v) is 5.17. The highest BCUT2D eigenvalue weighted by atomic mass is 33.1. The van der Waals surface area contributed by atoms with Crippen molar-refractivity contribution in [2.45, 2.75) is 12.2 Å². The second-order valence-electron chi connectivity index (χ2n) is 2.85. The fourth-order valence-electron chi connectivity index (χ4n) is 1.15. The summed E-state index contributed by atoms with van der Waals surface area (Å²) in [7, 11) is 3.72. The number of hydrogen-bond acceptors (Lipinski definition) is 2. The first-order valence-electron chi connectivity index (χ1n) is 3.91. The summed E-state index contributed by atoms with van der Waals surface area (Å²) < 4.78 is 0. The summed E-state index contributed by atoms with van der Waals surface area (Å²) in [6, 6.07) is 8.77. The van der Waals surface area contributed by atoms with Crippen LogP contribution >= 0.6 is 21.6 Å². The van der Waals surface area contributed by atoms with Crippen LogP contribution in [-0.2, 0) is 0 Å². The highest BCUT2D eigenvalue weighted by molar-refractivity contribution is 8.78. The van der Waals surface area contributed by atoms with Crippen LogP contribution in [0.3, 0.4) is 0 Å². The third kappa shape index (κ3) is 1.70. The van der Waals surface area contributed by atoms with Gasteiger partial charge in [-0.15, -0.1) is 0 Å². The van der Waals surface area contributed by atoms with Crippen LogP contribution in [0.5, 0.6) is 0 Å². The Hall–Kier alpha value is -0.340. The summed E-state index contributed by atoms with van der Waals surface area (Å²) in [5.74, 6) is 0. The average Bonchev–Trinajstić information content (AvgIpc) is 2.58. The van der Waals surface area contributed by atoms with E-state index in [9.17, 15) is 0 Å². The molecule has 62 valence electrons. The van der Waals surface area contributed by atoms with Crippen LogP contribution in [0.2, 0.25) is 0 Å². The number of benzene rings is 1. The van der Waals surface area contributed by atoms with Crippen molar-refractivity contribution in [3.63, 3.8) is 0 Å². The summed E-state index contributed by atoms with van der Waals surface area (Å²) in [6.07, 6.45) is 2.25. The Labute approximate surface area is 80.8 Å². The van der Waals surface area contributed by atoms with Gasteiger partial charge in [-0.3, -0.25) is 0 Å². The maximum absolute atomic E-state index is 2.25. The molecule has 1 heterocycles. The maximum atomic E-state index is 2.25. The molecule has 0 amide bonds. The van der Waals surface area contributed by atoms with Gasteiger partial charge in [-0.25, -0.2) is 0 Å². The summed E-state index contributed by atoms with van der Waals surface area (Å²) >= 11 is 0. The molecule has 0 spiro atoms. The highest BCUT2D eigenvalue weighted by Crippen LogP contribution is 2.45. The lowest BCUT2D eigenvalue weighted by Crippen LogP contribution is -1.85. The molecule has 1 unspecified atom stereocenters. The van der Waals surface area contributed by atoms with Gasteiger partial charge in [0, 0.05) is 0 Å². The molecule has 0 radical (unpaired) electrons. The lowest BCUT2D eigenvalue weighted by Gasteiger charge is -2.05. The zero-order valence-corrected chi connectivity index (χ0v) is 8.49. The average molecular weight is 194 g/mol. The number of rotatable bonds is 1. The van der Waals surface area contributed by atoms with Crippen molar-refractivity contribution in [2.24, 2.45) is 0 Å². The monoisotopic (exact) mass is 194 g/mol. The van der Waals surface area contributed by atoms with Gasteiger partial charge in [0.25, 0.3) is 0 Å². The molecule has 1 aliphatic heterocycles. The molecule has 0 aliphatic carbocycles. The smallest absolute Gasteiger partial charge is 0.0592 e. The standard InChI is InChI=1S/C10H10S2/c1-8-2-4-9(5-3-8)10-6-7-11-12-10/h2-7,10H,1H3. The highest BCUT2D eigenvalue weighted by Gasteiger charge is 2.11. The molecule has 0 bridgehead atoms. The van der Waals surface area contributed by atoms with Crippen molar-refractivity contribution in [3.05, 3.63) is 46.9 Å². The van der Waals surface area contributed by atoms with Crippen LogP contribution in [0.25, 0.3) is 0 Å². The van der Waals surface area contributed by atoms with Crippen LogP contribution in [0.4, 0.5) is 0 Å². The van der Waals surface area contributed by atoms with E-state index in [2.05, 4.69) is 42.7 Å². The molecule has 0 N–H and O–H groups in total. The molecule has 2 heteroatoms. The first-order chi connectivity index (χ1) is 5.86. The molecule has 0 aromatic heterocycles. The maximum Gasteiger partial charge on any atom is 0.0592 e. The summed E-state index contributed by atoms with van der Waals surface area (Å²) in [5, 5.41) is 2.73. The van der Waals surface area contributed by atoms with Crippen LogP contribution in [0.1, 0.15) is 16.4 Å². The van der Waals surface area contributed by atoms with Crippen molar-refractivity contribution < 1.29 is 0 Å². The van der Waals surface area contributed by atoms with Crippen molar-refractivity contribution in [1.82, 2.24) is 0 Å². The van der Waals surface area contributed by atoms with E-state index in [1.807, 2.05) is 21.6 Å². The SMILES string of the molecule is Cc1ccc(C2C=CSS2)cc1. The minimum atomic E-state index is 0.565. The van der Waals surface area contributed by atoms with Crippen molar-refractivity contribution in [1.29, 1.82) is 0 Å². The fourth-order valence-corrected chi connectivity index (χ4v) is 3.34. The molecule has 12 heavy (non-hydrogen) atoms. The minimum Gasteiger partial charge on any atom is -0.0770 e. The van der Waals surface area contributed by atoms with Gasteiger partial charge in [0.05, 0.1) is 5.25 Å². The zero-order valence-electron chi connectivity index (χ0n) is 6.86. The van der Waals surface area contributed by atoms with Gasteiger partial charge in [0.2, 0.25) is 0 Å². The lowest BCUT2D eigenvalue weighted by atomic mass is 10.1. The van der Waals surface area contributed by atoms with Gasteiger partial charge in [-0.2, -0.15) is 0 Å². The Kier molecular flexibility index (Phi) is 2.47. The van der Waals surface area contributed by atoms with E-state index in [4.69, 9.17) is 0 Å². The molecule has 0 nitrogen and oxygen atoms in total. The molecule has 0 fully saturated rings. The Balaban J connectivity index is 2.23. The molecular weight excluding hydrogens is 184 g/mol. The zero-order chi connectivity index (χ0) is 8.39. The molecule has 1 aromatic rings. The lowest BCUT2D eigenvalue weighted by molar-refractivity contribution is 1.24. The van der Waals surface area contributed by atoms with Crippen molar-refractivity contribution in [2.75, 3.05) is 0 Å². The van der Waals surface area contributed by atoms with Crippen LogP contribution in [0.15, 0.2) is 35.7 Å². The first-order valence-corrected chi connectivity index (χ1v) is 6.19. The van der Waals surface area contributed by atoms with Gasteiger partial charge in [0.1, 0.15) is 0 Å². The van der Waals surface area contributed by atoms with E-state index in [1.165, 1.54) is 11.1 Å². The van der Waals surface area contributed by atoms with E-state index < -0.39 is 0 Å². The summed E-state index contributed by atoms with van der Waals surface area (Å²) in [4.78, 5) is 0. The predicted molar refractivity (Wildman–Crippen MR) is 58.2 cm³/mol. The Morgan fingerprint density at radius 1 is 1.17 bits per heavy atom. The van der Waals surface area contributed by atoms with Crippen molar-refractivity contribution in [3.8, 4) is 0 Å². The Morgan fingerprint density at radius 2 is 1.92 bits per heavy atom. The summed E-state index contributed by atoms with van der Waals surface area (Å²) in [6.45, 7) is 2.12. The third-order valence-electron chi connectivity index (χ3n) is 1.87. The third-order valence-corrected chi connectivity index (χ3v) is 4.18. The van der Waals surface area contributed by atoms with Gasteiger partial charge in [-0.05, 0) is 17.9 Å². The van der Waals surface area contributed by atoms with E-state index in [0.717, 1.165) is 0 Å². The summed E-state index contributed by atoms with van der Waals surface area (Å²) in [5.41, 5.74) is 2.74. The number of aryl methyl sites for hydroxylation is 1. The van der Waals surface area contributed by atoms with Gasteiger partial charge in [-0.1, -0.05) is 57.5 Å². The fraction of sp³-hybridized carbons (Fsp3) is 0.200. The Morgan fingerprint density at radius 3 is 2.50 bits per heavy atom. The molecular formula is C10H10S2. The quantitative estimate of drug-likeness (QED) is 0.621. The van der Waals surface area contributed by atoms with Crippen LogP contribution < -0.4 is 0 Å². The van der Waals surface area contributed by atoms with Gasteiger partial charge in [0.15, 0.2) is 0 Å². The van der Waals surface area contributed by atoms with Gasteiger partial charge < -0.3 is 0 Å². The van der Waals surface area contributed by atoms with Crippen LogP contribution in [-0.4, -0.2) is 0 Å². The van der Waals surface area contributed by atoms with E-state index in [0.29, 0.717) is 5.25 Å². The predicted octanol–water partition coefficient (Wildman–Crippen LogP) is 3.94. The topological polar surface area (TPSA) is 0 Å². The largest absolute Gasteiger partial charge is 0.0770 e. The van der Waals surface area contributed by atoms with Gasteiger partial charge >= 0.3 is 0 Å².